The summed E-state index contributed by atoms with van der Waals surface area (Å²) in [5.41, 5.74) is 1.06. The first-order valence-corrected chi connectivity index (χ1v) is 15.7. The summed E-state index contributed by atoms with van der Waals surface area (Å²) in [7, 11) is 1.19. The molecule has 10 heteroatoms. The molecule has 0 amide bonds. The van der Waals surface area contributed by atoms with Crippen molar-refractivity contribution < 1.29 is 38.1 Å². The second kappa shape index (κ2) is 17.4. The van der Waals surface area contributed by atoms with Crippen LogP contribution in [0, 0.1) is 10.1 Å². The topological polar surface area (TPSA) is 116 Å². The lowest BCUT2D eigenvalue weighted by Gasteiger charge is -2.46. The summed E-state index contributed by atoms with van der Waals surface area (Å²) >= 11 is 0. The van der Waals surface area contributed by atoms with Crippen molar-refractivity contribution in [1.82, 2.24) is 0 Å². The number of nitro groups is 1. The van der Waals surface area contributed by atoms with Crippen molar-refractivity contribution in [2.75, 3.05) is 13.7 Å². The molecule has 1 aliphatic rings. The van der Waals surface area contributed by atoms with E-state index in [0.717, 1.165) is 34.4 Å². The molecule has 1 heterocycles. The Morgan fingerprint density at radius 1 is 0.708 bits per heavy atom. The molecule has 250 valence electrons. The first-order valence-electron chi connectivity index (χ1n) is 15.7. The van der Waals surface area contributed by atoms with Crippen molar-refractivity contribution >= 4 is 5.97 Å². The van der Waals surface area contributed by atoms with E-state index in [4.69, 9.17) is 28.4 Å². The highest BCUT2D eigenvalue weighted by Crippen LogP contribution is 2.38. The van der Waals surface area contributed by atoms with Crippen LogP contribution in [0.25, 0.3) is 0 Å². The summed E-state index contributed by atoms with van der Waals surface area (Å²) in [6.45, 7) is 0.437. The number of esters is 1. The fourth-order valence-corrected chi connectivity index (χ4v) is 5.48. The van der Waals surface area contributed by atoms with Gasteiger partial charge in [0.25, 0.3) is 0 Å². The average Bonchev–Trinajstić information content (AvgIpc) is 3.13. The Morgan fingerprint density at radius 2 is 1.15 bits per heavy atom. The van der Waals surface area contributed by atoms with Crippen LogP contribution in [0.5, 0.6) is 0 Å². The van der Waals surface area contributed by atoms with E-state index in [1.54, 1.807) is 0 Å². The van der Waals surface area contributed by atoms with E-state index in [-0.39, 0.29) is 33.0 Å². The molecule has 5 rings (SSSR count). The van der Waals surface area contributed by atoms with Gasteiger partial charge in [-0.2, -0.15) is 0 Å². The van der Waals surface area contributed by atoms with Crippen LogP contribution in [0.4, 0.5) is 0 Å². The molecule has 1 aliphatic heterocycles. The minimum absolute atomic E-state index is 0.00228. The third-order valence-electron chi connectivity index (χ3n) is 7.92. The number of ether oxygens (including phenoxy) is 6. The maximum absolute atomic E-state index is 13.2. The molecule has 4 aromatic rings. The smallest absolute Gasteiger partial charge is 0.374 e. The third kappa shape index (κ3) is 9.21. The molecule has 0 N–H and O–H groups in total. The molecule has 1 unspecified atom stereocenters. The maximum Gasteiger partial charge on any atom is 0.374 e. The standard InChI is InChI=1S/C38H39NO9/c1-43-34(40)22-23-38(39(41)42)37(47-27-32-20-12-5-13-21-32)36(46-26-31-18-10-4-11-19-31)35(45-25-30-16-8-3-9-17-30)33(48-38)28-44-24-29-14-6-2-7-15-29/h2-23,33,35-37H,24-28H2,1H3/b23-22+/t33-,35-,36+,37-,38?/m1/s1. The quantitative estimate of drug-likeness (QED) is 0.0616. The lowest BCUT2D eigenvalue weighted by Crippen LogP contribution is -2.69. The van der Waals surface area contributed by atoms with Gasteiger partial charge >= 0.3 is 11.7 Å². The largest absolute Gasteiger partial charge is 0.466 e. The van der Waals surface area contributed by atoms with Crippen molar-refractivity contribution in [2.24, 2.45) is 0 Å². The van der Waals surface area contributed by atoms with E-state index in [0.29, 0.717) is 0 Å². The molecule has 1 saturated heterocycles. The minimum Gasteiger partial charge on any atom is -0.466 e. The van der Waals surface area contributed by atoms with Crippen LogP contribution in [0.15, 0.2) is 133 Å². The number of benzene rings is 4. The second-order valence-electron chi connectivity index (χ2n) is 11.3. The van der Waals surface area contributed by atoms with E-state index in [9.17, 15) is 14.9 Å². The highest BCUT2D eigenvalue weighted by Gasteiger charge is 2.64. The summed E-state index contributed by atoms with van der Waals surface area (Å²) < 4.78 is 36.8. The van der Waals surface area contributed by atoms with Crippen molar-refractivity contribution in [1.29, 1.82) is 0 Å². The number of methoxy groups -OCH3 is 1. The second-order valence-corrected chi connectivity index (χ2v) is 11.3. The van der Waals surface area contributed by atoms with Crippen molar-refractivity contribution in [3.05, 3.63) is 166 Å². The first kappa shape index (κ1) is 34.6. The fraction of sp³-hybridized carbons (Fsp3) is 0.289. The number of hydrogen-bond donors (Lipinski definition) is 0. The highest BCUT2D eigenvalue weighted by molar-refractivity contribution is 5.81. The van der Waals surface area contributed by atoms with Crippen LogP contribution < -0.4 is 0 Å². The lowest BCUT2D eigenvalue weighted by atomic mass is 9.89. The molecule has 1 fully saturated rings. The highest BCUT2D eigenvalue weighted by atomic mass is 16.7. The van der Waals surface area contributed by atoms with Crippen LogP contribution in [-0.4, -0.2) is 54.8 Å². The van der Waals surface area contributed by atoms with Crippen LogP contribution in [0.3, 0.4) is 0 Å². The Labute approximate surface area is 280 Å². The van der Waals surface area contributed by atoms with E-state index in [1.165, 1.54) is 7.11 Å². The first-order chi connectivity index (χ1) is 23.5. The van der Waals surface area contributed by atoms with E-state index in [2.05, 4.69) is 0 Å². The molecular weight excluding hydrogens is 614 g/mol. The predicted molar refractivity (Wildman–Crippen MR) is 177 cm³/mol. The van der Waals surface area contributed by atoms with Crippen LogP contribution in [0.2, 0.25) is 0 Å². The molecule has 10 nitrogen and oxygen atoms in total. The monoisotopic (exact) mass is 653 g/mol. The Morgan fingerprint density at radius 3 is 1.60 bits per heavy atom. The zero-order valence-electron chi connectivity index (χ0n) is 26.7. The number of nitrogens with zero attached hydrogens (tertiary/aromatic N) is 1. The van der Waals surface area contributed by atoms with Gasteiger partial charge in [0.2, 0.25) is 0 Å². The Hall–Kier alpha value is -4.71. The number of rotatable bonds is 16. The molecule has 0 saturated carbocycles. The molecule has 5 atom stereocenters. The maximum atomic E-state index is 13.2. The lowest BCUT2D eigenvalue weighted by molar-refractivity contribution is -0.644. The molecule has 0 spiro atoms. The van der Waals surface area contributed by atoms with Gasteiger partial charge in [-0.3, -0.25) is 10.1 Å². The van der Waals surface area contributed by atoms with Crippen molar-refractivity contribution in [3.63, 3.8) is 0 Å². The number of hydrogen-bond acceptors (Lipinski definition) is 9. The van der Waals surface area contributed by atoms with Gasteiger partial charge < -0.3 is 28.4 Å². The summed E-state index contributed by atoms with van der Waals surface area (Å²) in [4.78, 5) is 24.9. The molecular formula is C38H39NO9. The number of carbonyl (C=O) groups is 1. The van der Waals surface area contributed by atoms with Crippen molar-refractivity contribution in [2.45, 2.75) is 56.6 Å². The van der Waals surface area contributed by atoms with E-state index in [1.807, 2.05) is 121 Å². The summed E-state index contributed by atoms with van der Waals surface area (Å²) in [5, 5.41) is 13.2. The molecule has 0 bridgehead atoms. The Bertz CT molecular complexity index is 1590. The van der Waals surface area contributed by atoms with Crippen molar-refractivity contribution in [3.8, 4) is 0 Å². The van der Waals surface area contributed by atoms with Gasteiger partial charge in [-0.25, -0.2) is 4.79 Å². The fourth-order valence-electron chi connectivity index (χ4n) is 5.48. The Balaban J connectivity index is 1.55. The summed E-state index contributed by atoms with van der Waals surface area (Å²) in [5.74, 6) is -0.789. The molecule has 4 aromatic carbocycles. The zero-order chi connectivity index (χ0) is 33.6. The SMILES string of the molecule is COC(=O)/C=C/C1([N+](=O)[O-])O[C@H](COCc2ccccc2)[C@@H](OCc2ccccc2)[C@H](OCc2ccccc2)[C@H]1OCc1ccccc1. The van der Waals surface area contributed by atoms with Gasteiger partial charge in [0.1, 0.15) is 18.3 Å². The number of carbonyl (C=O) groups excluding carboxylic acids is 1. The van der Waals surface area contributed by atoms with Gasteiger partial charge in [-0.05, 0) is 22.3 Å². The van der Waals surface area contributed by atoms with Gasteiger partial charge in [0.05, 0.1) is 45.1 Å². The van der Waals surface area contributed by atoms with Crippen LogP contribution in [0.1, 0.15) is 22.3 Å². The van der Waals surface area contributed by atoms with Gasteiger partial charge in [0, 0.05) is 12.2 Å². The van der Waals surface area contributed by atoms with Crippen LogP contribution >= 0.6 is 0 Å². The predicted octanol–water partition coefficient (Wildman–Crippen LogP) is 6.06. The summed E-state index contributed by atoms with van der Waals surface area (Å²) in [6, 6.07) is 37.9. The molecule has 0 aromatic heterocycles. The van der Waals surface area contributed by atoms with E-state index < -0.39 is 41.0 Å². The molecule has 0 aliphatic carbocycles. The van der Waals surface area contributed by atoms with Gasteiger partial charge in [-0.15, -0.1) is 0 Å². The third-order valence-corrected chi connectivity index (χ3v) is 7.92. The van der Waals surface area contributed by atoms with Crippen LogP contribution in [-0.2, 0) is 59.6 Å². The molecule has 48 heavy (non-hydrogen) atoms. The average molecular weight is 654 g/mol. The summed E-state index contributed by atoms with van der Waals surface area (Å²) in [6.07, 6.45) is -2.27. The minimum atomic E-state index is -2.38. The normalized spacial score (nSPS) is 22.4. The van der Waals surface area contributed by atoms with E-state index >= 15 is 0 Å². The Kier molecular flexibility index (Phi) is 12.6. The van der Waals surface area contributed by atoms with Gasteiger partial charge in [-0.1, -0.05) is 121 Å². The zero-order valence-corrected chi connectivity index (χ0v) is 26.7. The van der Waals surface area contributed by atoms with Gasteiger partial charge in [0.15, 0.2) is 6.10 Å². The molecule has 0 radical (unpaired) electrons.